The molecule has 0 aromatic heterocycles. The summed E-state index contributed by atoms with van der Waals surface area (Å²) in [4.78, 5) is 17.0. The maximum Gasteiger partial charge on any atom is 0.363 e. The lowest BCUT2D eigenvalue weighted by atomic mass is 10.1. The first-order valence-corrected chi connectivity index (χ1v) is 12.1. The Morgan fingerprint density at radius 1 is 0.917 bits per heavy atom. The van der Waals surface area contributed by atoms with Crippen LogP contribution in [-0.4, -0.2) is 18.5 Å². The van der Waals surface area contributed by atoms with Gasteiger partial charge in [-0.15, -0.1) is 0 Å². The molecule has 4 aromatic carbocycles. The average molecular weight is 518 g/mol. The van der Waals surface area contributed by atoms with Crippen molar-refractivity contribution < 1.29 is 19.0 Å². The van der Waals surface area contributed by atoms with E-state index in [0.29, 0.717) is 40.3 Å². The molecule has 0 fully saturated rings. The number of hydrogen-bond acceptors (Lipinski definition) is 5. The molecule has 0 bridgehead atoms. The van der Waals surface area contributed by atoms with Crippen LogP contribution >= 0.6 is 23.2 Å². The quantitative estimate of drug-likeness (QED) is 0.188. The smallest absolute Gasteiger partial charge is 0.363 e. The Kier molecular flexibility index (Phi) is 6.94. The Morgan fingerprint density at radius 2 is 1.69 bits per heavy atom. The Labute approximate surface area is 218 Å². The molecule has 0 radical (unpaired) electrons. The van der Waals surface area contributed by atoms with Crippen LogP contribution in [0.3, 0.4) is 0 Å². The molecule has 0 spiro atoms. The van der Waals surface area contributed by atoms with Gasteiger partial charge in [0.25, 0.3) is 0 Å². The number of aliphatic imine (C=N–C) groups is 1. The highest BCUT2D eigenvalue weighted by Gasteiger charge is 2.25. The van der Waals surface area contributed by atoms with Crippen molar-refractivity contribution in [3.8, 4) is 11.5 Å². The Balaban J connectivity index is 1.42. The van der Waals surface area contributed by atoms with Gasteiger partial charge in [-0.25, -0.2) is 9.79 Å². The van der Waals surface area contributed by atoms with Crippen LogP contribution < -0.4 is 9.47 Å². The van der Waals surface area contributed by atoms with E-state index in [1.54, 1.807) is 30.3 Å². The van der Waals surface area contributed by atoms with Crippen molar-refractivity contribution in [1.29, 1.82) is 0 Å². The molecule has 0 N–H and O–H groups in total. The summed E-state index contributed by atoms with van der Waals surface area (Å²) in [6.07, 6.45) is 1.62. The van der Waals surface area contributed by atoms with Crippen molar-refractivity contribution in [3.05, 3.63) is 111 Å². The SMILES string of the molecule is CCOc1cc(C=C2N=C(c3ccc4ccccc4c3)OC2=O)cc(Cl)c1OCc1ccc(Cl)cc1. The number of carbonyl (C=O) groups is 1. The minimum Gasteiger partial charge on any atom is -0.490 e. The van der Waals surface area contributed by atoms with Gasteiger partial charge in [-0.05, 0) is 71.3 Å². The highest BCUT2D eigenvalue weighted by atomic mass is 35.5. The van der Waals surface area contributed by atoms with E-state index in [2.05, 4.69) is 4.99 Å². The van der Waals surface area contributed by atoms with Gasteiger partial charge in [-0.2, -0.15) is 0 Å². The lowest BCUT2D eigenvalue weighted by molar-refractivity contribution is -0.129. The van der Waals surface area contributed by atoms with Crippen molar-refractivity contribution in [1.82, 2.24) is 0 Å². The molecule has 7 heteroatoms. The van der Waals surface area contributed by atoms with Crippen molar-refractivity contribution in [2.24, 2.45) is 4.99 Å². The van der Waals surface area contributed by atoms with Gasteiger partial charge in [-0.1, -0.05) is 65.7 Å². The highest BCUT2D eigenvalue weighted by molar-refractivity contribution is 6.32. The molecule has 1 aliphatic heterocycles. The maximum atomic E-state index is 12.6. The van der Waals surface area contributed by atoms with Crippen LogP contribution in [0, 0.1) is 0 Å². The molecule has 0 aliphatic carbocycles. The molecule has 0 unspecified atom stereocenters. The molecule has 1 aliphatic rings. The molecule has 5 rings (SSSR count). The second kappa shape index (κ2) is 10.4. The van der Waals surface area contributed by atoms with Crippen LogP contribution in [0.15, 0.2) is 89.6 Å². The highest BCUT2D eigenvalue weighted by Crippen LogP contribution is 2.38. The number of carbonyl (C=O) groups excluding carboxylic acids is 1. The van der Waals surface area contributed by atoms with Gasteiger partial charge < -0.3 is 14.2 Å². The van der Waals surface area contributed by atoms with Crippen LogP contribution in [0.25, 0.3) is 16.8 Å². The minimum absolute atomic E-state index is 0.173. The van der Waals surface area contributed by atoms with Gasteiger partial charge >= 0.3 is 5.97 Å². The number of esters is 1. The summed E-state index contributed by atoms with van der Waals surface area (Å²) >= 11 is 12.5. The lowest BCUT2D eigenvalue weighted by Gasteiger charge is -2.14. The number of nitrogens with zero attached hydrogens (tertiary/aromatic N) is 1. The van der Waals surface area contributed by atoms with Crippen molar-refractivity contribution >= 4 is 51.9 Å². The van der Waals surface area contributed by atoms with E-state index in [1.807, 2.05) is 61.5 Å². The molecule has 1 heterocycles. The first kappa shape index (κ1) is 23.9. The summed E-state index contributed by atoms with van der Waals surface area (Å²) in [5.41, 5.74) is 2.47. The summed E-state index contributed by atoms with van der Waals surface area (Å²) in [5, 5.41) is 3.14. The van der Waals surface area contributed by atoms with Crippen LogP contribution in [-0.2, 0) is 16.1 Å². The third-order valence-electron chi connectivity index (χ3n) is 5.55. The second-order valence-electron chi connectivity index (χ2n) is 8.08. The largest absolute Gasteiger partial charge is 0.490 e. The minimum atomic E-state index is -0.532. The zero-order valence-corrected chi connectivity index (χ0v) is 20.8. The van der Waals surface area contributed by atoms with Gasteiger partial charge in [0.15, 0.2) is 17.2 Å². The van der Waals surface area contributed by atoms with E-state index < -0.39 is 5.97 Å². The van der Waals surface area contributed by atoms with Crippen molar-refractivity contribution in [2.45, 2.75) is 13.5 Å². The van der Waals surface area contributed by atoms with E-state index >= 15 is 0 Å². The molecule has 0 atom stereocenters. The van der Waals surface area contributed by atoms with Crippen LogP contribution in [0.4, 0.5) is 0 Å². The van der Waals surface area contributed by atoms with Crippen LogP contribution in [0.2, 0.25) is 10.0 Å². The molecule has 0 saturated heterocycles. The number of ether oxygens (including phenoxy) is 3. The molecule has 0 amide bonds. The summed E-state index contributed by atoms with van der Waals surface area (Å²) < 4.78 is 17.2. The fourth-order valence-corrected chi connectivity index (χ4v) is 4.22. The summed E-state index contributed by atoms with van der Waals surface area (Å²) in [7, 11) is 0. The van der Waals surface area contributed by atoms with E-state index in [-0.39, 0.29) is 11.6 Å². The zero-order chi connectivity index (χ0) is 25.1. The molecule has 0 saturated carbocycles. The van der Waals surface area contributed by atoms with E-state index in [9.17, 15) is 4.79 Å². The van der Waals surface area contributed by atoms with E-state index in [1.165, 1.54) is 0 Å². The van der Waals surface area contributed by atoms with E-state index in [4.69, 9.17) is 37.4 Å². The lowest BCUT2D eigenvalue weighted by Crippen LogP contribution is -2.05. The zero-order valence-electron chi connectivity index (χ0n) is 19.3. The Bertz CT molecular complexity index is 1510. The Morgan fingerprint density at radius 3 is 2.47 bits per heavy atom. The number of benzene rings is 4. The fourth-order valence-electron chi connectivity index (χ4n) is 3.82. The van der Waals surface area contributed by atoms with Crippen molar-refractivity contribution in [3.63, 3.8) is 0 Å². The number of fused-ring (bicyclic) bond motifs is 1. The first-order valence-electron chi connectivity index (χ1n) is 11.4. The second-order valence-corrected chi connectivity index (χ2v) is 8.92. The molecular weight excluding hydrogens is 497 g/mol. The normalized spacial score (nSPS) is 14.1. The van der Waals surface area contributed by atoms with Crippen LogP contribution in [0.5, 0.6) is 11.5 Å². The topological polar surface area (TPSA) is 57.1 Å². The summed E-state index contributed by atoms with van der Waals surface area (Å²) in [6, 6.07) is 24.6. The van der Waals surface area contributed by atoms with Crippen molar-refractivity contribution in [2.75, 3.05) is 6.61 Å². The molecule has 36 heavy (non-hydrogen) atoms. The standard InChI is InChI=1S/C29H21Cl2NO4/c1-2-34-26-15-19(13-24(31)27(26)35-17-18-7-11-23(30)12-8-18)14-25-29(33)36-28(32-25)22-10-9-20-5-3-4-6-21(20)16-22/h3-16H,2,17H2,1H3. The fraction of sp³-hybridized carbons (Fsp3) is 0.103. The maximum absolute atomic E-state index is 12.6. The predicted octanol–water partition coefficient (Wildman–Crippen LogP) is 7.47. The Hall–Kier alpha value is -3.80. The molecule has 5 nitrogen and oxygen atoms in total. The first-order chi connectivity index (χ1) is 17.5. The number of halogens is 2. The van der Waals surface area contributed by atoms with Crippen LogP contribution in [0.1, 0.15) is 23.6 Å². The number of rotatable bonds is 7. The molecule has 180 valence electrons. The molecule has 4 aromatic rings. The van der Waals surface area contributed by atoms with Gasteiger partial charge in [0, 0.05) is 10.6 Å². The van der Waals surface area contributed by atoms with Gasteiger partial charge in [-0.3, -0.25) is 0 Å². The summed E-state index contributed by atoms with van der Waals surface area (Å²) in [5.74, 6) is 0.618. The van der Waals surface area contributed by atoms with Gasteiger partial charge in [0.1, 0.15) is 6.61 Å². The third-order valence-corrected chi connectivity index (χ3v) is 6.08. The van der Waals surface area contributed by atoms with E-state index in [0.717, 1.165) is 21.9 Å². The third kappa shape index (κ3) is 5.23. The number of cyclic esters (lactones) is 1. The van der Waals surface area contributed by atoms with Gasteiger partial charge in [0.05, 0.1) is 11.6 Å². The number of hydrogen-bond donors (Lipinski definition) is 0. The predicted molar refractivity (Wildman–Crippen MR) is 143 cm³/mol. The molecular formula is C29H21Cl2NO4. The monoisotopic (exact) mass is 517 g/mol. The average Bonchev–Trinajstić information content (AvgIpc) is 3.24. The van der Waals surface area contributed by atoms with Gasteiger partial charge in [0.2, 0.25) is 5.90 Å². The summed E-state index contributed by atoms with van der Waals surface area (Å²) in [6.45, 7) is 2.58.